The summed E-state index contributed by atoms with van der Waals surface area (Å²) in [6.07, 6.45) is 3.25. The van der Waals surface area contributed by atoms with Crippen molar-refractivity contribution < 1.29 is 5.11 Å². The van der Waals surface area contributed by atoms with Crippen LogP contribution in [0.1, 0.15) is 26.7 Å². The van der Waals surface area contributed by atoms with Gasteiger partial charge in [-0.2, -0.15) is 4.98 Å². The minimum atomic E-state index is -0.742. The van der Waals surface area contributed by atoms with Crippen molar-refractivity contribution in [3.8, 4) is 0 Å². The van der Waals surface area contributed by atoms with Gasteiger partial charge in [0.1, 0.15) is 5.82 Å². The minimum Gasteiger partial charge on any atom is -0.388 e. The summed E-state index contributed by atoms with van der Waals surface area (Å²) in [7, 11) is 0. The van der Waals surface area contributed by atoms with Gasteiger partial charge in [0.05, 0.1) is 10.1 Å². The highest BCUT2D eigenvalue weighted by Gasteiger charge is 2.19. The van der Waals surface area contributed by atoms with E-state index < -0.39 is 5.60 Å². The lowest BCUT2D eigenvalue weighted by atomic mass is 10.0. The van der Waals surface area contributed by atoms with Gasteiger partial charge in [0.15, 0.2) is 0 Å². The average molecular weight is 289 g/mol. The third-order valence-electron chi connectivity index (χ3n) is 2.19. The monoisotopic (exact) mass is 288 g/mol. The summed E-state index contributed by atoms with van der Waals surface area (Å²) in [5.74, 6) is 0.810. The Labute approximate surface area is 104 Å². The lowest BCUT2D eigenvalue weighted by Crippen LogP contribution is -2.33. The van der Waals surface area contributed by atoms with Crippen LogP contribution in [0, 0.1) is 0 Å². The number of nitrogens with two attached hydrogens (primary N) is 1. The van der Waals surface area contributed by atoms with Gasteiger partial charge in [-0.05, 0) is 29.3 Å². The summed E-state index contributed by atoms with van der Waals surface area (Å²) in [4.78, 5) is 7.87. The molecule has 0 aliphatic heterocycles. The summed E-state index contributed by atoms with van der Waals surface area (Å²) >= 11 is 3.31. The lowest BCUT2D eigenvalue weighted by Gasteiger charge is -2.23. The number of hydrogen-bond acceptors (Lipinski definition) is 5. The van der Waals surface area contributed by atoms with Gasteiger partial charge in [0.2, 0.25) is 5.95 Å². The number of nitrogens with one attached hydrogen (secondary N) is 1. The molecular formula is C10H17BrN4O. The Balaban J connectivity index is 2.63. The van der Waals surface area contributed by atoms with Gasteiger partial charge < -0.3 is 16.2 Å². The third-order valence-corrected chi connectivity index (χ3v) is 2.77. The van der Waals surface area contributed by atoms with Gasteiger partial charge >= 0.3 is 0 Å². The van der Waals surface area contributed by atoms with Crippen molar-refractivity contribution in [1.82, 2.24) is 9.97 Å². The van der Waals surface area contributed by atoms with E-state index >= 15 is 0 Å². The highest BCUT2D eigenvalue weighted by atomic mass is 79.9. The molecule has 0 radical (unpaired) electrons. The molecule has 0 saturated carbocycles. The van der Waals surface area contributed by atoms with E-state index in [0.29, 0.717) is 12.4 Å². The molecule has 0 aliphatic carbocycles. The number of anilines is 2. The topological polar surface area (TPSA) is 84.1 Å². The standard InChI is InChI=1S/C10H17BrN4O/c1-3-4-10(2,16)6-14-8-7(11)5-13-9(12)15-8/h5,16H,3-4,6H2,1-2H3,(H3,12,13,14,15). The quantitative estimate of drug-likeness (QED) is 0.769. The van der Waals surface area contributed by atoms with Crippen LogP contribution in [-0.4, -0.2) is 27.2 Å². The highest BCUT2D eigenvalue weighted by Crippen LogP contribution is 2.20. The van der Waals surface area contributed by atoms with Crippen molar-refractivity contribution in [2.45, 2.75) is 32.3 Å². The van der Waals surface area contributed by atoms with Crippen molar-refractivity contribution in [3.63, 3.8) is 0 Å². The van der Waals surface area contributed by atoms with Gasteiger partial charge in [0.25, 0.3) is 0 Å². The number of halogens is 1. The SMILES string of the molecule is CCCC(C)(O)CNc1nc(N)ncc1Br. The van der Waals surface area contributed by atoms with Crippen LogP contribution in [-0.2, 0) is 0 Å². The zero-order valence-corrected chi connectivity index (χ0v) is 11.1. The number of nitrogens with zero attached hydrogens (tertiary/aromatic N) is 2. The average Bonchev–Trinajstić information content (AvgIpc) is 2.19. The van der Waals surface area contributed by atoms with E-state index in [-0.39, 0.29) is 5.95 Å². The fraction of sp³-hybridized carbons (Fsp3) is 0.600. The Morgan fingerprint density at radius 3 is 2.94 bits per heavy atom. The maximum Gasteiger partial charge on any atom is 0.221 e. The molecule has 1 unspecified atom stereocenters. The summed E-state index contributed by atoms with van der Waals surface area (Å²) in [5.41, 5.74) is 4.74. The van der Waals surface area contributed by atoms with Crippen LogP contribution >= 0.6 is 15.9 Å². The molecule has 5 nitrogen and oxygen atoms in total. The van der Waals surface area contributed by atoms with Gasteiger partial charge in [-0.1, -0.05) is 13.3 Å². The molecule has 0 saturated heterocycles. The van der Waals surface area contributed by atoms with Crippen LogP contribution < -0.4 is 11.1 Å². The molecule has 1 aromatic heterocycles. The summed E-state index contributed by atoms with van der Waals surface area (Å²) in [5, 5.41) is 13.0. The summed E-state index contributed by atoms with van der Waals surface area (Å²) in [6, 6.07) is 0. The van der Waals surface area contributed by atoms with E-state index in [1.54, 1.807) is 13.1 Å². The molecule has 1 aromatic rings. The Kier molecular flexibility index (Phi) is 4.49. The molecule has 16 heavy (non-hydrogen) atoms. The maximum atomic E-state index is 9.98. The number of aliphatic hydroxyl groups is 1. The zero-order chi connectivity index (χ0) is 12.2. The normalized spacial score (nSPS) is 14.5. The molecule has 0 aliphatic rings. The fourth-order valence-corrected chi connectivity index (χ4v) is 1.74. The molecule has 4 N–H and O–H groups in total. The Morgan fingerprint density at radius 2 is 2.31 bits per heavy atom. The zero-order valence-electron chi connectivity index (χ0n) is 9.50. The Morgan fingerprint density at radius 1 is 1.62 bits per heavy atom. The molecular weight excluding hydrogens is 272 g/mol. The van der Waals surface area contributed by atoms with Gasteiger partial charge in [-0.15, -0.1) is 0 Å². The Bertz CT molecular complexity index is 357. The fourth-order valence-electron chi connectivity index (χ4n) is 1.41. The second-order valence-electron chi connectivity index (χ2n) is 4.03. The van der Waals surface area contributed by atoms with Crippen LogP contribution in [0.2, 0.25) is 0 Å². The van der Waals surface area contributed by atoms with Crippen LogP contribution in [0.15, 0.2) is 10.7 Å². The van der Waals surface area contributed by atoms with Crippen molar-refractivity contribution in [1.29, 1.82) is 0 Å². The van der Waals surface area contributed by atoms with E-state index in [2.05, 4.69) is 31.2 Å². The number of aromatic nitrogens is 2. The highest BCUT2D eigenvalue weighted by molar-refractivity contribution is 9.10. The first-order valence-corrected chi connectivity index (χ1v) is 5.98. The first kappa shape index (κ1) is 13.2. The van der Waals surface area contributed by atoms with E-state index in [9.17, 15) is 5.11 Å². The van der Waals surface area contributed by atoms with E-state index in [4.69, 9.17) is 5.73 Å². The van der Waals surface area contributed by atoms with Crippen molar-refractivity contribution >= 4 is 27.7 Å². The van der Waals surface area contributed by atoms with E-state index in [1.165, 1.54) is 0 Å². The van der Waals surface area contributed by atoms with Crippen LogP contribution in [0.3, 0.4) is 0 Å². The summed E-state index contributed by atoms with van der Waals surface area (Å²) in [6.45, 7) is 4.25. The molecule has 0 amide bonds. The second kappa shape index (κ2) is 5.45. The third kappa shape index (κ3) is 3.94. The molecule has 0 bridgehead atoms. The van der Waals surface area contributed by atoms with E-state index in [1.807, 2.05) is 6.92 Å². The number of hydrogen-bond donors (Lipinski definition) is 3. The second-order valence-corrected chi connectivity index (χ2v) is 4.88. The van der Waals surface area contributed by atoms with Gasteiger partial charge in [0, 0.05) is 12.7 Å². The van der Waals surface area contributed by atoms with Crippen molar-refractivity contribution in [2.75, 3.05) is 17.6 Å². The molecule has 1 atom stereocenters. The molecule has 1 heterocycles. The van der Waals surface area contributed by atoms with Crippen molar-refractivity contribution in [3.05, 3.63) is 10.7 Å². The number of nitrogen functional groups attached to an aromatic ring is 1. The summed E-state index contributed by atoms with van der Waals surface area (Å²) < 4.78 is 0.731. The molecule has 90 valence electrons. The minimum absolute atomic E-state index is 0.209. The first-order valence-electron chi connectivity index (χ1n) is 5.19. The van der Waals surface area contributed by atoms with Crippen LogP contribution in [0.25, 0.3) is 0 Å². The lowest BCUT2D eigenvalue weighted by molar-refractivity contribution is 0.0636. The van der Waals surface area contributed by atoms with Gasteiger partial charge in [-0.3, -0.25) is 0 Å². The largest absolute Gasteiger partial charge is 0.388 e. The predicted molar refractivity (Wildman–Crippen MR) is 68.2 cm³/mol. The molecule has 0 aromatic carbocycles. The first-order chi connectivity index (χ1) is 7.44. The smallest absolute Gasteiger partial charge is 0.221 e. The van der Waals surface area contributed by atoms with Crippen molar-refractivity contribution in [2.24, 2.45) is 0 Å². The molecule has 0 spiro atoms. The van der Waals surface area contributed by atoms with Crippen LogP contribution in [0.5, 0.6) is 0 Å². The van der Waals surface area contributed by atoms with Crippen LogP contribution in [0.4, 0.5) is 11.8 Å². The maximum absolute atomic E-state index is 9.98. The molecule has 0 fully saturated rings. The van der Waals surface area contributed by atoms with E-state index in [0.717, 1.165) is 17.3 Å². The molecule has 1 rings (SSSR count). The predicted octanol–water partition coefficient (Wildman–Crippen LogP) is 1.78. The number of rotatable bonds is 5. The van der Waals surface area contributed by atoms with Gasteiger partial charge in [-0.25, -0.2) is 4.98 Å². The Hall–Kier alpha value is -0.880. The molecule has 6 heteroatoms.